The van der Waals surface area contributed by atoms with Crippen LogP contribution >= 0.6 is 11.6 Å². The molecule has 0 unspecified atom stereocenters. The zero-order chi connectivity index (χ0) is 20.5. The summed E-state index contributed by atoms with van der Waals surface area (Å²) >= 11 is 5.98. The van der Waals surface area contributed by atoms with Crippen molar-refractivity contribution in [1.29, 1.82) is 0 Å². The number of hydrogen-bond donors (Lipinski definition) is 2. The Kier molecular flexibility index (Phi) is 6.92. The Balaban J connectivity index is 1.78. The lowest BCUT2D eigenvalue weighted by Gasteiger charge is -2.06. The van der Waals surface area contributed by atoms with Gasteiger partial charge in [0.1, 0.15) is 5.71 Å². The van der Waals surface area contributed by atoms with Gasteiger partial charge in [0.15, 0.2) is 0 Å². The molecule has 29 heavy (non-hydrogen) atoms. The predicted octanol–water partition coefficient (Wildman–Crippen LogP) is 4.24. The molecule has 0 spiro atoms. The van der Waals surface area contributed by atoms with Crippen molar-refractivity contribution in [2.75, 3.05) is 0 Å². The quantitative estimate of drug-likeness (QED) is 0.290. The van der Waals surface area contributed by atoms with E-state index in [0.29, 0.717) is 10.7 Å². The molecule has 0 fully saturated rings. The van der Waals surface area contributed by atoms with E-state index in [2.05, 4.69) is 15.5 Å². The number of nitrogens with one attached hydrogen (secondary N) is 1. The molecule has 3 aromatic rings. The molecule has 5 nitrogen and oxygen atoms in total. The van der Waals surface area contributed by atoms with Gasteiger partial charge in [-0.1, -0.05) is 84.4 Å². The molecule has 0 aliphatic rings. The maximum absolute atomic E-state index is 12.0. The molecule has 3 aromatic carbocycles. The van der Waals surface area contributed by atoms with Crippen LogP contribution in [-0.4, -0.2) is 17.6 Å². The Morgan fingerprint density at radius 3 is 2.07 bits per heavy atom. The lowest BCUT2D eigenvalue weighted by Crippen LogP contribution is -2.35. The van der Waals surface area contributed by atoms with Crippen LogP contribution in [0.25, 0.3) is 6.08 Å². The Bertz CT molecular complexity index is 1040. The molecule has 0 bridgehead atoms. The van der Waals surface area contributed by atoms with Crippen LogP contribution in [0.15, 0.2) is 101 Å². The zero-order valence-corrected chi connectivity index (χ0v) is 16.3. The van der Waals surface area contributed by atoms with Crippen molar-refractivity contribution in [2.45, 2.75) is 0 Å². The van der Waals surface area contributed by atoms with Gasteiger partial charge in [-0.25, -0.2) is 0 Å². The largest absolute Gasteiger partial charge is 0.368 e. The van der Waals surface area contributed by atoms with Gasteiger partial charge in [0.05, 0.1) is 0 Å². The Morgan fingerprint density at radius 1 is 0.828 bits per heavy atom. The van der Waals surface area contributed by atoms with Crippen LogP contribution in [0.2, 0.25) is 5.02 Å². The summed E-state index contributed by atoms with van der Waals surface area (Å²) in [6.45, 7) is 0. The van der Waals surface area contributed by atoms with Crippen LogP contribution in [0.3, 0.4) is 0 Å². The minimum Gasteiger partial charge on any atom is -0.368 e. The van der Waals surface area contributed by atoms with Crippen molar-refractivity contribution in [3.8, 4) is 0 Å². The van der Waals surface area contributed by atoms with Crippen molar-refractivity contribution in [3.05, 3.63) is 113 Å². The van der Waals surface area contributed by atoms with Crippen LogP contribution in [0, 0.1) is 0 Å². The van der Waals surface area contributed by atoms with Crippen LogP contribution < -0.4 is 11.1 Å². The summed E-state index contributed by atoms with van der Waals surface area (Å²) in [6.07, 6.45) is 3.08. The number of carbonyl (C=O) groups excluding carboxylic acids is 1. The van der Waals surface area contributed by atoms with E-state index in [1.165, 1.54) is 6.08 Å². The van der Waals surface area contributed by atoms with Crippen LogP contribution in [-0.2, 0) is 4.79 Å². The third-order valence-electron chi connectivity index (χ3n) is 3.90. The van der Waals surface area contributed by atoms with Crippen molar-refractivity contribution >= 4 is 35.3 Å². The number of nitrogens with two attached hydrogens (primary N) is 1. The highest BCUT2D eigenvalue weighted by molar-refractivity contribution is 6.30. The number of rotatable bonds is 5. The molecule has 0 aliphatic heterocycles. The number of carbonyl (C=O) groups is 1. The Labute approximate surface area is 174 Å². The van der Waals surface area contributed by atoms with Crippen LogP contribution in [0.4, 0.5) is 0 Å². The van der Waals surface area contributed by atoms with Crippen molar-refractivity contribution in [1.82, 2.24) is 5.32 Å². The summed E-state index contributed by atoms with van der Waals surface area (Å²) in [4.78, 5) is 12.0. The van der Waals surface area contributed by atoms with Gasteiger partial charge in [0, 0.05) is 22.2 Å². The fraction of sp³-hybridized carbons (Fsp3) is 0. The number of guanidine groups is 1. The molecule has 0 saturated heterocycles. The Morgan fingerprint density at radius 2 is 1.41 bits per heavy atom. The number of benzene rings is 3. The highest BCUT2D eigenvalue weighted by atomic mass is 35.5. The minimum absolute atomic E-state index is 0.102. The maximum atomic E-state index is 12.0. The van der Waals surface area contributed by atoms with Gasteiger partial charge >= 0.3 is 0 Å². The van der Waals surface area contributed by atoms with Crippen molar-refractivity contribution < 1.29 is 4.79 Å². The first-order chi connectivity index (χ1) is 14.1. The monoisotopic (exact) mass is 402 g/mol. The van der Waals surface area contributed by atoms with Gasteiger partial charge in [-0.15, -0.1) is 10.2 Å². The van der Waals surface area contributed by atoms with E-state index in [1.807, 2.05) is 72.8 Å². The topological polar surface area (TPSA) is 79.8 Å². The highest BCUT2D eigenvalue weighted by Crippen LogP contribution is 2.15. The first kappa shape index (κ1) is 20.0. The molecule has 3 rings (SSSR count). The maximum Gasteiger partial charge on any atom is 0.250 e. The normalized spacial score (nSPS) is 12.2. The third-order valence-corrected chi connectivity index (χ3v) is 4.15. The average molecular weight is 403 g/mol. The molecule has 0 heterocycles. The SMILES string of the molecule is N/C(=N\N=C(/c1ccccc1)c1ccc(Cl)cc1)NC(=O)/C=C/c1ccccc1. The fourth-order valence-corrected chi connectivity index (χ4v) is 2.64. The van der Waals surface area contributed by atoms with Gasteiger partial charge in [-0.05, 0) is 23.8 Å². The summed E-state index contributed by atoms with van der Waals surface area (Å²) in [5, 5.41) is 11.4. The molecular weight excluding hydrogens is 384 g/mol. The lowest BCUT2D eigenvalue weighted by atomic mass is 10.0. The third kappa shape index (κ3) is 6.16. The second-order valence-corrected chi connectivity index (χ2v) is 6.48. The molecule has 3 N–H and O–H groups in total. The number of halogens is 1. The van der Waals surface area contributed by atoms with E-state index < -0.39 is 5.91 Å². The number of hydrogen-bond acceptors (Lipinski definition) is 3. The molecule has 0 saturated carbocycles. The van der Waals surface area contributed by atoms with E-state index in [9.17, 15) is 4.79 Å². The van der Waals surface area contributed by atoms with Gasteiger partial charge in [-0.3, -0.25) is 10.1 Å². The van der Waals surface area contributed by atoms with Crippen molar-refractivity contribution in [2.24, 2.45) is 15.9 Å². The molecule has 6 heteroatoms. The average Bonchev–Trinajstić information content (AvgIpc) is 2.75. The van der Waals surface area contributed by atoms with Crippen molar-refractivity contribution in [3.63, 3.8) is 0 Å². The first-order valence-electron chi connectivity index (χ1n) is 8.88. The van der Waals surface area contributed by atoms with Crippen LogP contribution in [0.1, 0.15) is 16.7 Å². The first-order valence-corrected chi connectivity index (χ1v) is 9.26. The summed E-state index contributed by atoms with van der Waals surface area (Å²) in [6, 6.07) is 26.3. The standard InChI is InChI=1S/C23H19ClN4O/c24-20-14-12-19(13-15-20)22(18-9-5-2-6-10-18)27-28-23(25)26-21(29)16-11-17-7-3-1-4-8-17/h1-16H,(H3,25,26,28,29)/b16-11+,27-22+. The molecule has 0 aromatic heterocycles. The summed E-state index contributed by atoms with van der Waals surface area (Å²) < 4.78 is 0. The molecule has 144 valence electrons. The van der Waals surface area contributed by atoms with Gasteiger partial charge in [0.2, 0.25) is 5.96 Å². The predicted molar refractivity (Wildman–Crippen MR) is 119 cm³/mol. The smallest absolute Gasteiger partial charge is 0.250 e. The molecule has 0 atom stereocenters. The van der Waals surface area contributed by atoms with Gasteiger partial charge in [-0.2, -0.15) is 0 Å². The highest BCUT2D eigenvalue weighted by Gasteiger charge is 2.07. The molecule has 1 amide bonds. The van der Waals surface area contributed by atoms with Gasteiger partial charge in [0.25, 0.3) is 5.91 Å². The summed E-state index contributed by atoms with van der Waals surface area (Å²) in [5.41, 5.74) is 9.04. The van der Waals surface area contributed by atoms with E-state index >= 15 is 0 Å². The van der Waals surface area contributed by atoms with Crippen LogP contribution in [0.5, 0.6) is 0 Å². The number of nitrogens with zero attached hydrogens (tertiary/aromatic N) is 2. The Hall–Kier alpha value is -3.70. The zero-order valence-electron chi connectivity index (χ0n) is 15.5. The van der Waals surface area contributed by atoms with E-state index in [4.69, 9.17) is 17.3 Å². The summed E-state index contributed by atoms with van der Waals surface area (Å²) in [7, 11) is 0. The van der Waals surface area contributed by atoms with E-state index in [-0.39, 0.29) is 5.96 Å². The summed E-state index contributed by atoms with van der Waals surface area (Å²) in [5.74, 6) is -0.492. The van der Waals surface area contributed by atoms with E-state index in [0.717, 1.165) is 16.7 Å². The fourth-order valence-electron chi connectivity index (χ4n) is 2.52. The lowest BCUT2D eigenvalue weighted by molar-refractivity contribution is -0.115. The minimum atomic E-state index is -0.391. The second kappa shape index (κ2) is 10.0. The van der Waals surface area contributed by atoms with E-state index in [1.54, 1.807) is 18.2 Å². The van der Waals surface area contributed by atoms with Gasteiger partial charge < -0.3 is 5.73 Å². The molecule has 0 radical (unpaired) electrons. The molecule has 0 aliphatic carbocycles. The molecular formula is C23H19ClN4O. The number of amides is 1. The second-order valence-electron chi connectivity index (χ2n) is 6.04.